The zero-order valence-corrected chi connectivity index (χ0v) is 25.1. The summed E-state index contributed by atoms with van der Waals surface area (Å²) < 4.78 is 24.4. The van der Waals surface area contributed by atoms with Crippen molar-refractivity contribution in [2.24, 2.45) is 4.99 Å². The Morgan fingerprint density at radius 1 is 1.02 bits per heavy atom. The highest BCUT2D eigenvalue weighted by Gasteiger charge is 2.34. The highest BCUT2D eigenvalue weighted by molar-refractivity contribution is 7.07. The predicted molar refractivity (Wildman–Crippen MR) is 162 cm³/mol. The van der Waals surface area contributed by atoms with E-state index >= 15 is 0 Å². The Hall–Kier alpha value is -4.34. The Labute approximate surface area is 251 Å². The molecular weight excluding hydrogens is 576 g/mol. The van der Waals surface area contributed by atoms with Gasteiger partial charge in [0.25, 0.3) is 5.56 Å². The van der Waals surface area contributed by atoms with Crippen LogP contribution in [0, 0.1) is 0 Å². The number of aromatic nitrogens is 1. The molecule has 1 aromatic heterocycles. The minimum atomic E-state index is -0.783. The van der Waals surface area contributed by atoms with E-state index in [9.17, 15) is 9.59 Å². The summed E-state index contributed by atoms with van der Waals surface area (Å²) in [5.74, 6) is 1.06. The van der Waals surface area contributed by atoms with Crippen LogP contribution in [-0.2, 0) is 16.1 Å². The lowest BCUT2D eigenvalue weighted by atomic mass is 9.95. The van der Waals surface area contributed by atoms with E-state index in [1.807, 2.05) is 48.5 Å². The molecule has 1 atom stereocenters. The van der Waals surface area contributed by atoms with Crippen LogP contribution in [0.5, 0.6) is 17.2 Å². The standard InChI is InChI=1S/C32H29ClN2O6S/c1-5-40-31(37)28-19(2)34-32-35(29(28)21-14-15-25(38-3)26(16-21)39-4)30(36)27(42-32)17-20-10-7-9-13-24(20)41-18-22-11-6-8-12-23(22)33/h6-17,29H,5,18H2,1-4H3/b27-17-. The minimum absolute atomic E-state index is 0.184. The molecule has 0 spiro atoms. The molecule has 1 unspecified atom stereocenters. The number of para-hydroxylation sites is 1. The van der Waals surface area contributed by atoms with Gasteiger partial charge in [-0.25, -0.2) is 9.79 Å². The number of benzene rings is 3. The van der Waals surface area contributed by atoms with Gasteiger partial charge in [0.15, 0.2) is 16.3 Å². The maximum atomic E-state index is 14.0. The van der Waals surface area contributed by atoms with E-state index in [0.29, 0.717) is 42.9 Å². The van der Waals surface area contributed by atoms with Crippen molar-refractivity contribution in [1.29, 1.82) is 0 Å². The average Bonchev–Trinajstić information content (AvgIpc) is 3.30. The number of carbonyl (C=O) groups excluding carboxylic acids is 1. The number of carbonyl (C=O) groups is 1. The number of fused-ring (bicyclic) bond motifs is 1. The number of nitrogens with zero attached hydrogens (tertiary/aromatic N) is 2. The zero-order valence-electron chi connectivity index (χ0n) is 23.5. The van der Waals surface area contributed by atoms with Crippen molar-refractivity contribution >= 4 is 35.0 Å². The Morgan fingerprint density at radius 3 is 2.50 bits per heavy atom. The summed E-state index contributed by atoms with van der Waals surface area (Å²) in [4.78, 5) is 32.4. The van der Waals surface area contributed by atoms with Crippen LogP contribution < -0.4 is 29.1 Å². The van der Waals surface area contributed by atoms with E-state index in [0.717, 1.165) is 11.1 Å². The highest BCUT2D eigenvalue weighted by Crippen LogP contribution is 2.36. The summed E-state index contributed by atoms with van der Waals surface area (Å²) in [5.41, 5.74) is 2.69. The summed E-state index contributed by atoms with van der Waals surface area (Å²) in [6.45, 7) is 3.94. The largest absolute Gasteiger partial charge is 0.493 e. The molecule has 0 bridgehead atoms. The number of hydrogen-bond acceptors (Lipinski definition) is 8. The van der Waals surface area contributed by atoms with Crippen LogP contribution in [0.2, 0.25) is 5.02 Å². The Kier molecular flexibility index (Phi) is 8.80. The van der Waals surface area contributed by atoms with Gasteiger partial charge in [-0.3, -0.25) is 9.36 Å². The number of thiazole rings is 1. The number of esters is 1. The van der Waals surface area contributed by atoms with Gasteiger partial charge >= 0.3 is 5.97 Å². The second-order valence-electron chi connectivity index (χ2n) is 9.33. The molecule has 10 heteroatoms. The molecule has 5 rings (SSSR count). The Bertz CT molecular complexity index is 1860. The summed E-state index contributed by atoms with van der Waals surface area (Å²) in [7, 11) is 3.08. The van der Waals surface area contributed by atoms with Crippen LogP contribution in [0.4, 0.5) is 0 Å². The molecule has 0 N–H and O–H groups in total. The maximum absolute atomic E-state index is 14.0. The first-order chi connectivity index (χ1) is 20.4. The first-order valence-electron chi connectivity index (χ1n) is 13.2. The number of methoxy groups -OCH3 is 2. The lowest BCUT2D eigenvalue weighted by Crippen LogP contribution is -2.40. The first kappa shape index (κ1) is 29.2. The molecule has 0 saturated carbocycles. The molecule has 2 heterocycles. The molecule has 0 amide bonds. The molecule has 0 aliphatic carbocycles. The van der Waals surface area contributed by atoms with Gasteiger partial charge in [-0.15, -0.1) is 0 Å². The second-order valence-corrected chi connectivity index (χ2v) is 10.8. The number of ether oxygens (including phenoxy) is 4. The molecule has 4 aromatic rings. The van der Waals surface area contributed by atoms with Crippen molar-refractivity contribution in [2.45, 2.75) is 26.5 Å². The Morgan fingerprint density at radius 2 is 1.76 bits per heavy atom. The third kappa shape index (κ3) is 5.70. The van der Waals surface area contributed by atoms with E-state index in [-0.39, 0.29) is 24.3 Å². The quantitative estimate of drug-likeness (QED) is 0.249. The molecule has 0 radical (unpaired) electrons. The lowest BCUT2D eigenvalue weighted by Gasteiger charge is -2.25. The van der Waals surface area contributed by atoms with Crippen molar-refractivity contribution in [1.82, 2.24) is 4.57 Å². The van der Waals surface area contributed by atoms with Gasteiger partial charge in [0.05, 0.1) is 42.7 Å². The molecule has 0 fully saturated rings. The molecule has 1 aliphatic heterocycles. The smallest absolute Gasteiger partial charge is 0.338 e. The van der Waals surface area contributed by atoms with Crippen LogP contribution in [0.15, 0.2) is 87.8 Å². The fourth-order valence-electron chi connectivity index (χ4n) is 4.77. The first-order valence-corrected chi connectivity index (χ1v) is 14.4. The topological polar surface area (TPSA) is 88.4 Å². The van der Waals surface area contributed by atoms with Crippen LogP contribution in [-0.4, -0.2) is 31.4 Å². The van der Waals surface area contributed by atoms with Crippen molar-refractivity contribution in [2.75, 3.05) is 20.8 Å². The van der Waals surface area contributed by atoms with Gasteiger partial charge in [-0.2, -0.15) is 0 Å². The van der Waals surface area contributed by atoms with E-state index in [2.05, 4.69) is 4.99 Å². The van der Waals surface area contributed by atoms with Crippen LogP contribution >= 0.6 is 22.9 Å². The maximum Gasteiger partial charge on any atom is 0.338 e. The van der Waals surface area contributed by atoms with Crippen LogP contribution in [0.25, 0.3) is 6.08 Å². The number of hydrogen-bond donors (Lipinski definition) is 0. The van der Waals surface area contributed by atoms with Crippen molar-refractivity contribution in [3.8, 4) is 17.2 Å². The van der Waals surface area contributed by atoms with Gasteiger partial charge in [0.1, 0.15) is 12.4 Å². The molecule has 216 valence electrons. The van der Waals surface area contributed by atoms with Gasteiger partial charge in [-0.1, -0.05) is 65.4 Å². The van der Waals surface area contributed by atoms with Crippen molar-refractivity contribution < 1.29 is 23.7 Å². The predicted octanol–water partition coefficient (Wildman–Crippen LogP) is 5.05. The van der Waals surface area contributed by atoms with E-state index in [4.69, 9.17) is 30.5 Å². The van der Waals surface area contributed by atoms with E-state index < -0.39 is 12.0 Å². The van der Waals surface area contributed by atoms with Crippen LogP contribution in [0.1, 0.15) is 36.6 Å². The van der Waals surface area contributed by atoms with Gasteiger partial charge < -0.3 is 18.9 Å². The molecule has 3 aromatic carbocycles. The Balaban J connectivity index is 1.63. The van der Waals surface area contributed by atoms with Gasteiger partial charge in [-0.05, 0) is 49.8 Å². The van der Waals surface area contributed by atoms with Crippen molar-refractivity contribution in [3.05, 3.63) is 119 Å². The summed E-state index contributed by atoms with van der Waals surface area (Å²) in [6, 6.07) is 19.5. The number of allylic oxidation sites excluding steroid dienone is 1. The molecular formula is C32H29ClN2O6S. The monoisotopic (exact) mass is 604 g/mol. The SMILES string of the molecule is CCOC(=O)C1=C(C)N=c2s/c(=C\c3ccccc3OCc3ccccc3Cl)c(=O)n2C1c1ccc(OC)c(OC)c1. The van der Waals surface area contributed by atoms with Crippen molar-refractivity contribution in [3.63, 3.8) is 0 Å². The van der Waals surface area contributed by atoms with E-state index in [1.165, 1.54) is 23.0 Å². The molecule has 8 nitrogen and oxygen atoms in total. The van der Waals surface area contributed by atoms with E-state index in [1.54, 1.807) is 45.2 Å². The fourth-order valence-corrected chi connectivity index (χ4v) is 6.00. The molecule has 1 aliphatic rings. The summed E-state index contributed by atoms with van der Waals surface area (Å²) >= 11 is 7.55. The third-order valence-electron chi connectivity index (χ3n) is 6.79. The number of halogens is 1. The summed E-state index contributed by atoms with van der Waals surface area (Å²) in [5, 5.41) is 0.617. The molecule has 42 heavy (non-hydrogen) atoms. The van der Waals surface area contributed by atoms with Gasteiger partial charge in [0, 0.05) is 16.1 Å². The van der Waals surface area contributed by atoms with Crippen LogP contribution in [0.3, 0.4) is 0 Å². The second kappa shape index (κ2) is 12.7. The fraction of sp³-hybridized carbons (Fsp3) is 0.219. The average molecular weight is 605 g/mol. The third-order valence-corrected chi connectivity index (χ3v) is 8.14. The zero-order chi connectivity index (χ0) is 29.8. The lowest BCUT2D eigenvalue weighted by molar-refractivity contribution is -0.139. The van der Waals surface area contributed by atoms with Gasteiger partial charge in [0.2, 0.25) is 0 Å². The normalized spacial score (nSPS) is 14.7. The summed E-state index contributed by atoms with van der Waals surface area (Å²) in [6.07, 6.45) is 1.78. The minimum Gasteiger partial charge on any atom is -0.493 e. The highest BCUT2D eigenvalue weighted by atomic mass is 35.5. The number of rotatable bonds is 9. The molecule has 0 saturated heterocycles.